The second-order valence-corrected chi connectivity index (χ2v) is 5.48. The molecule has 21 heavy (non-hydrogen) atoms. The van der Waals surface area contributed by atoms with Gasteiger partial charge < -0.3 is 14.8 Å². The lowest BCUT2D eigenvalue weighted by Crippen LogP contribution is -2.33. The number of aromatic nitrogens is 1. The van der Waals surface area contributed by atoms with Crippen LogP contribution < -0.4 is 5.32 Å². The highest BCUT2D eigenvalue weighted by molar-refractivity contribution is 5.75. The van der Waals surface area contributed by atoms with Crippen molar-refractivity contribution >= 4 is 5.91 Å². The van der Waals surface area contributed by atoms with Crippen LogP contribution in [0.5, 0.6) is 0 Å². The van der Waals surface area contributed by atoms with Gasteiger partial charge in [-0.2, -0.15) is 0 Å². The minimum Gasteiger partial charge on any atom is -0.345 e. The van der Waals surface area contributed by atoms with E-state index in [4.69, 9.17) is 0 Å². The summed E-state index contributed by atoms with van der Waals surface area (Å²) in [4.78, 5) is 14.0. The third-order valence-corrected chi connectivity index (χ3v) is 3.83. The van der Waals surface area contributed by atoms with Crippen LogP contribution in [0.4, 0.5) is 0 Å². The molecule has 0 radical (unpaired) electrons. The topological polar surface area (TPSA) is 37.3 Å². The van der Waals surface area contributed by atoms with Crippen molar-refractivity contribution < 1.29 is 4.79 Å². The average molecular weight is 293 g/mol. The van der Waals surface area contributed by atoms with E-state index in [1.807, 2.05) is 29.5 Å². The van der Waals surface area contributed by atoms with Crippen LogP contribution in [0.25, 0.3) is 0 Å². The van der Waals surface area contributed by atoms with E-state index in [-0.39, 0.29) is 5.91 Å². The van der Waals surface area contributed by atoms with Gasteiger partial charge >= 0.3 is 0 Å². The van der Waals surface area contributed by atoms with Crippen molar-refractivity contribution in [3.05, 3.63) is 24.0 Å². The molecule has 1 rings (SSSR count). The second kappa shape index (κ2) is 9.61. The van der Waals surface area contributed by atoms with Gasteiger partial charge in [-0.1, -0.05) is 20.3 Å². The van der Waals surface area contributed by atoms with Crippen LogP contribution in [0.2, 0.25) is 0 Å². The summed E-state index contributed by atoms with van der Waals surface area (Å²) in [5.74, 6) is 0.190. The largest absolute Gasteiger partial charge is 0.345 e. The van der Waals surface area contributed by atoms with Crippen molar-refractivity contribution in [2.45, 2.75) is 59.5 Å². The number of nitrogens with one attached hydrogen (secondary N) is 1. The first kappa shape index (κ1) is 17.8. The molecule has 1 aromatic rings. The Hall–Kier alpha value is -1.29. The Morgan fingerprint density at radius 3 is 2.52 bits per heavy atom. The van der Waals surface area contributed by atoms with Crippen LogP contribution in [-0.4, -0.2) is 35.0 Å². The van der Waals surface area contributed by atoms with Gasteiger partial charge in [-0.15, -0.1) is 0 Å². The minimum atomic E-state index is 0.190. The summed E-state index contributed by atoms with van der Waals surface area (Å²) in [6, 6.07) is 2.54. The van der Waals surface area contributed by atoms with Gasteiger partial charge in [0.05, 0.1) is 0 Å². The van der Waals surface area contributed by atoms with Crippen LogP contribution in [0.3, 0.4) is 0 Å². The first-order chi connectivity index (χ1) is 10.2. The van der Waals surface area contributed by atoms with Gasteiger partial charge in [0.25, 0.3) is 0 Å². The van der Waals surface area contributed by atoms with E-state index >= 15 is 0 Å². The summed E-state index contributed by atoms with van der Waals surface area (Å²) in [5.41, 5.74) is 1.29. The van der Waals surface area contributed by atoms with Gasteiger partial charge in [0, 0.05) is 31.5 Å². The predicted molar refractivity (Wildman–Crippen MR) is 88.3 cm³/mol. The SMILES string of the molecule is CCCNC(CCC)c1ccn(CC(=O)N(CC)CC)c1. The lowest BCUT2D eigenvalue weighted by Gasteiger charge is -2.19. The fourth-order valence-corrected chi connectivity index (χ4v) is 2.59. The molecule has 4 nitrogen and oxygen atoms in total. The van der Waals surface area contributed by atoms with Gasteiger partial charge in [0.1, 0.15) is 6.54 Å². The normalized spacial score (nSPS) is 12.4. The Kier molecular flexibility index (Phi) is 8.13. The fourth-order valence-electron chi connectivity index (χ4n) is 2.59. The zero-order chi connectivity index (χ0) is 15.7. The lowest BCUT2D eigenvalue weighted by atomic mass is 10.1. The van der Waals surface area contributed by atoms with E-state index < -0.39 is 0 Å². The van der Waals surface area contributed by atoms with E-state index in [0.29, 0.717) is 12.6 Å². The molecule has 1 aromatic heterocycles. The summed E-state index contributed by atoms with van der Waals surface area (Å²) in [6.45, 7) is 11.5. The molecule has 1 atom stereocenters. The monoisotopic (exact) mass is 293 g/mol. The Bertz CT molecular complexity index is 410. The Balaban J connectivity index is 2.67. The molecule has 0 spiro atoms. The number of carbonyl (C=O) groups is 1. The Morgan fingerprint density at radius 2 is 1.95 bits per heavy atom. The molecule has 1 heterocycles. The maximum atomic E-state index is 12.1. The lowest BCUT2D eigenvalue weighted by molar-refractivity contribution is -0.131. The fraction of sp³-hybridized carbons (Fsp3) is 0.706. The first-order valence-electron chi connectivity index (χ1n) is 8.32. The van der Waals surface area contributed by atoms with Crippen LogP contribution in [0, 0.1) is 0 Å². The maximum Gasteiger partial charge on any atom is 0.242 e. The van der Waals surface area contributed by atoms with Gasteiger partial charge in [-0.3, -0.25) is 4.79 Å². The van der Waals surface area contributed by atoms with E-state index in [1.165, 1.54) is 5.56 Å². The van der Waals surface area contributed by atoms with Crippen molar-refractivity contribution in [2.75, 3.05) is 19.6 Å². The number of nitrogens with zero attached hydrogens (tertiary/aromatic N) is 2. The van der Waals surface area contributed by atoms with Crippen LogP contribution >= 0.6 is 0 Å². The van der Waals surface area contributed by atoms with Crippen LogP contribution in [-0.2, 0) is 11.3 Å². The smallest absolute Gasteiger partial charge is 0.242 e. The maximum absolute atomic E-state index is 12.1. The van der Waals surface area contributed by atoms with E-state index in [0.717, 1.165) is 38.9 Å². The summed E-state index contributed by atoms with van der Waals surface area (Å²) in [6.07, 6.45) is 7.57. The minimum absolute atomic E-state index is 0.190. The molecule has 0 aromatic carbocycles. The third kappa shape index (κ3) is 5.54. The average Bonchev–Trinajstić information content (AvgIpc) is 2.93. The van der Waals surface area contributed by atoms with Crippen LogP contribution in [0.15, 0.2) is 18.5 Å². The zero-order valence-corrected chi connectivity index (χ0v) is 14.1. The van der Waals surface area contributed by atoms with Crippen molar-refractivity contribution in [1.82, 2.24) is 14.8 Å². The molecule has 0 aliphatic heterocycles. The van der Waals surface area contributed by atoms with Gasteiger partial charge in [-0.05, 0) is 44.9 Å². The zero-order valence-electron chi connectivity index (χ0n) is 14.1. The van der Waals surface area contributed by atoms with Gasteiger partial charge in [0.15, 0.2) is 0 Å². The molecule has 1 amide bonds. The highest BCUT2D eigenvalue weighted by atomic mass is 16.2. The van der Waals surface area contributed by atoms with Crippen LogP contribution in [0.1, 0.15) is 58.6 Å². The van der Waals surface area contributed by atoms with Crippen molar-refractivity contribution in [3.63, 3.8) is 0 Å². The number of amides is 1. The van der Waals surface area contributed by atoms with Crippen molar-refractivity contribution in [3.8, 4) is 0 Å². The third-order valence-electron chi connectivity index (χ3n) is 3.83. The highest BCUT2D eigenvalue weighted by Crippen LogP contribution is 2.19. The molecule has 0 fully saturated rings. The predicted octanol–water partition coefficient (Wildman–Crippen LogP) is 3.20. The molecule has 0 aliphatic carbocycles. The number of hydrogen-bond donors (Lipinski definition) is 1. The van der Waals surface area contributed by atoms with Gasteiger partial charge in [-0.25, -0.2) is 0 Å². The molecule has 0 saturated carbocycles. The summed E-state index contributed by atoms with van der Waals surface area (Å²) < 4.78 is 2.01. The number of likely N-dealkylation sites (N-methyl/N-ethyl adjacent to an activating group) is 1. The molecular weight excluding hydrogens is 262 g/mol. The second-order valence-electron chi connectivity index (χ2n) is 5.48. The molecule has 4 heteroatoms. The van der Waals surface area contributed by atoms with Gasteiger partial charge in [0.2, 0.25) is 5.91 Å². The van der Waals surface area contributed by atoms with Crippen molar-refractivity contribution in [1.29, 1.82) is 0 Å². The summed E-state index contributed by atoms with van der Waals surface area (Å²) >= 11 is 0. The van der Waals surface area contributed by atoms with E-state index in [9.17, 15) is 4.79 Å². The quantitative estimate of drug-likeness (QED) is 0.719. The molecule has 1 N–H and O–H groups in total. The highest BCUT2D eigenvalue weighted by Gasteiger charge is 2.13. The standard InChI is InChI=1S/C17H31N3O/c1-5-9-16(18-11-6-2)15-10-12-19(13-15)14-17(21)20(7-3)8-4/h10,12-13,16,18H,5-9,11,14H2,1-4H3. The summed E-state index contributed by atoms with van der Waals surface area (Å²) in [7, 11) is 0. The number of hydrogen-bond acceptors (Lipinski definition) is 2. The Labute approximate surface area is 129 Å². The molecule has 0 bridgehead atoms. The molecule has 1 unspecified atom stereocenters. The summed E-state index contributed by atoms with van der Waals surface area (Å²) in [5, 5.41) is 3.59. The Morgan fingerprint density at radius 1 is 1.24 bits per heavy atom. The number of carbonyl (C=O) groups excluding carboxylic acids is 1. The molecular formula is C17H31N3O. The van der Waals surface area contributed by atoms with E-state index in [1.54, 1.807) is 0 Å². The van der Waals surface area contributed by atoms with Crippen molar-refractivity contribution in [2.24, 2.45) is 0 Å². The van der Waals surface area contributed by atoms with E-state index in [2.05, 4.69) is 31.4 Å². The molecule has 120 valence electrons. The molecule has 0 saturated heterocycles. The molecule has 0 aliphatic rings. The number of rotatable bonds is 10. The first-order valence-corrected chi connectivity index (χ1v) is 8.32.